The molecule has 0 aromatic heterocycles. The van der Waals surface area contributed by atoms with Gasteiger partial charge in [-0.05, 0) is 30.7 Å². The predicted octanol–water partition coefficient (Wildman–Crippen LogP) is 2.47. The molecule has 1 fully saturated rings. The normalized spacial score (nSPS) is 26.6. The van der Waals surface area contributed by atoms with Crippen molar-refractivity contribution in [3.8, 4) is 0 Å². The molecule has 83 valence electrons. The van der Waals surface area contributed by atoms with Crippen LogP contribution >= 0.6 is 0 Å². The van der Waals surface area contributed by atoms with Crippen molar-refractivity contribution in [3.05, 3.63) is 0 Å². The molecule has 1 N–H and O–H groups in total. The van der Waals surface area contributed by atoms with E-state index in [1.165, 1.54) is 0 Å². The molecule has 0 saturated carbocycles. The summed E-state index contributed by atoms with van der Waals surface area (Å²) in [5.74, 6) is 0.799. The van der Waals surface area contributed by atoms with Crippen molar-refractivity contribution in [2.45, 2.75) is 46.6 Å². The SMILES string of the molecule is CC(C)C(C)(C)C([O])C1CCCNC1. The number of hydrogen-bond acceptors (Lipinski definition) is 1. The Labute approximate surface area is 88.1 Å². The van der Waals surface area contributed by atoms with E-state index >= 15 is 0 Å². The molecule has 0 amide bonds. The van der Waals surface area contributed by atoms with Gasteiger partial charge in [0.25, 0.3) is 0 Å². The first-order valence-corrected chi connectivity index (χ1v) is 5.82. The Kier molecular flexibility index (Phi) is 3.96. The molecule has 0 spiro atoms. The summed E-state index contributed by atoms with van der Waals surface area (Å²) in [5, 5.41) is 15.6. The lowest BCUT2D eigenvalue weighted by Gasteiger charge is -2.39. The Morgan fingerprint density at radius 2 is 2.00 bits per heavy atom. The smallest absolute Gasteiger partial charge is 0.102 e. The fourth-order valence-electron chi connectivity index (χ4n) is 2.07. The van der Waals surface area contributed by atoms with E-state index < -0.39 is 6.10 Å². The summed E-state index contributed by atoms with van der Waals surface area (Å²) in [5.41, 5.74) is -0.0797. The number of piperidine rings is 1. The second kappa shape index (κ2) is 4.63. The van der Waals surface area contributed by atoms with Crippen molar-refractivity contribution >= 4 is 0 Å². The second-order valence-electron chi connectivity index (χ2n) is 5.50. The van der Waals surface area contributed by atoms with Gasteiger partial charge in [0.05, 0.1) is 0 Å². The van der Waals surface area contributed by atoms with Crippen LogP contribution in [0.25, 0.3) is 0 Å². The Morgan fingerprint density at radius 3 is 2.43 bits per heavy atom. The fourth-order valence-corrected chi connectivity index (χ4v) is 2.07. The van der Waals surface area contributed by atoms with Crippen LogP contribution in [-0.2, 0) is 5.11 Å². The van der Waals surface area contributed by atoms with Gasteiger partial charge in [-0.3, -0.25) is 0 Å². The van der Waals surface area contributed by atoms with E-state index in [0.717, 1.165) is 25.9 Å². The van der Waals surface area contributed by atoms with Crippen LogP contribution in [0, 0.1) is 17.3 Å². The van der Waals surface area contributed by atoms with E-state index in [2.05, 4.69) is 33.0 Å². The van der Waals surface area contributed by atoms with Gasteiger partial charge >= 0.3 is 0 Å². The van der Waals surface area contributed by atoms with Crippen molar-refractivity contribution in [1.29, 1.82) is 0 Å². The summed E-state index contributed by atoms with van der Waals surface area (Å²) < 4.78 is 0. The molecular formula is C12H24NO. The highest BCUT2D eigenvalue weighted by Gasteiger charge is 2.38. The molecule has 2 heteroatoms. The molecule has 1 saturated heterocycles. The highest BCUT2D eigenvalue weighted by atomic mass is 16.3. The monoisotopic (exact) mass is 198 g/mol. The maximum Gasteiger partial charge on any atom is 0.102 e. The van der Waals surface area contributed by atoms with Crippen LogP contribution in [0.5, 0.6) is 0 Å². The van der Waals surface area contributed by atoms with Crippen LogP contribution in [0.2, 0.25) is 0 Å². The van der Waals surface area contributed by atoms with E-state index in [1.807, 2.05) is 0 Å². The molecular weight excluding hydrogens is 174 g/mol. The lowest BCUT2D eigenvalue weighted by Crippen LogP contribution is -2.45. The minimum absolute atomic E-state index is 0.0797. The standard InChI is InChI=1S/C12H24NO/c1-9(2)12(3,4)11(14)10-6-5-7-13-8-10/h9-11,13H,5-8H2,1-4H3. The molecule has 2 atom stereocenters. The number of hydrogen-bond donors (Lipinski definition) is 1. The second-order valence-corrected chi connectivity index (χ2v) is 5.50. The van der Waals surface area contributed by atoms with Gasteiger partial charge in [0, 0.05) is 12.5 Å². The summed E-state index contributed by atoms with van der Waals surface area (Å²) in [7, 11) is 0. The summed E-state index contributed by atoms with van der Waals surface area (Å²) >= 11 is 0. The molecule has 1 heterocycles. The fraction of sp³-hybridized carbons (Fsp3) is 1.00. The van der Waals surface area contributed by atoms with E-state index in [0.29, 0.717) is 11.8 Å². The predicted molar refractivity (Wildman–Crippen MR) is 58.7 cm³/mol. The van der Waals surface area contributed by atoms with Crippen LogP contribution in [0.15, 0.2) is 0 Å². The van der Waals surface area contributed by atoms with Crippen LogP contribution in [0.1, 0.15) is 40.5 Å². The Hall–Kier alpha value is -0.0800. The van der Waals surface area contributed by atoms with Crippen LogP contribution in [-0.4, -0.2) is 19.2 Å². The molecule has 2 unspecified atom stereocenters. The maximum atomic E-state index is 12.3. The average molecular weight is 198 g/mol. The van der Waals surface area contributed by atoms with E-state index in [1.54, 1.807) is 0 Å². The molecule has 0 aromatic rings. The Morgan fingerprint density at radius 1 is 1.36 bits per heavy atom. The summed E-state index contributed by atoms with van der Waals surface area (Å²) in [6, 6.07) is 0. The molecule has 1 aliphatic rings. The zero-order valence-corrected chi connectivity index (χ0v) is 9.97. The van der Waals surface area contributed by atoms with Crippen molar-refractivity contribution in [2.75, 3.05) is 13.1 Å². The third-order valence-electron chi connectivity index (χ3n) is 3.98. The highest BCUT2D eigenvalue weighted by Crippen LogP contribution is 2.36. The topological polar surface area (TPSA) is 31.9 Å². The average Bonchev–Trinajstić information content (AvgIpc) is 2.17. The Balaban J connectivity index is 2.57. The van der Waals surface area contributed by atoms with Gasteiger partial charge in [0.1, 0.15) is 6.10 Å². The molecule has 1 radical (unpaired) electrons. The largest absolute Gasteiger partial charge is 0.316 e. The summed E-state index contributed by atoms with van der Waals surface area (Å²) in [6.07, 6.45) is 1.85. The van der Waals surface area contributed by atoms with E-state index in [9.17, 15) is 5.11 Å². The summed E-state index contributed by atoms with van der Waals surface area (Å²) in [6.45, 7) is 10.5. The zero-order valence-electron chi connectivity index (χ0n) is 9.97. The first-order chi connectivity index (χ1) is 6.46. The lowest BCUT2D eigenvalue weighted by atomic mass is 9.70. The number of rotatable bonds is 3. The van der Waals surface area contributed by atoms with Gasteiger partial charge in [-0.25, -0.2) is 5.11 Å². The Bertz CT molecular complexity index is 171. The number of nitrogens with one attached hydrogen (secondary N) is 1. The quantitative estimate of drug-likeness (QED) is 0.742. The van der Waals surface area contributed by atoms with Gasteiger partial charge < -0.3 is 5.32 Å². The minimum atomic E-state index is -0.421. The van der Waals surface area contributed by atoms with Crippen molar-refractivity contribution in [2.24, 2.45) is 17.3 Å². The van der Waals surface area contributed by atoms with E-state index in [4.69, 9.17) is 0 Å². The third-order valence-corrected chi connectivity index (χ3v) is 3.98. The van der Waals surface area contributed by atoms with Gasteiger partial charge in [-0.15, -0.1) is 0 Å². The molecule has 0 aromatic carbocycles. The van der Waals surface area contributed by atoms with Gasteiger partial charge in [-0.2, -0.15) is 0 Å². The third kappa shape index (κ3) is 2.48. The van der Waals surface area contributed by atoms with Gasteiger partial charge in [0.15, 0.2) is 0 Å². The van der Waals surface area contributed by atoms with Crippen LogP contribution in [0.3, 0.4) is 0 Å². The molecule has 2 nitrogen and oxygen atoms in total. The van der Waals surface area contributed by atoms with Crippen molar-refractivity contribution < 1.29 is 5.11 Å². The molecule has 14 heavy (non-hydrogen) atoms. The van der Waals surface area contributed by atoms with E-state index in [-0.39, 0.29) is 5.41 Å². The molecule has 0 aliphatic carbocycles. The van der Waals surface area contributed by atoms with Crippen LogP contribution in [0.4, 0.5) is 0 Å². The molecule has 1 aliphatic heterocycles. The lowest BCUT2D eigenvalue weighted by molar-refractivity contribution is -0.0770. The van der Waals surface area contributed by atoms with Crippen LogP contribution < -0.4 is 5.32 Å². The van der Waals surface area contributed by atoms with Gasteiger partial charge in [-0.1, -0.05) is 27.7 Å². The highest BCUT2D eigenvalue weighted by molar-refractivity contribution is 4.87. The van der Waals surface area contributed by atoms with Crippen molar-refractivity contribution in [1.82, 2.24) is 5.32 Å². The maximum absolute atomic E-state index is 12.3. The zero-order chi connectivity index (χ0) is 10.8. The van der Waals surface area contributed by atoms with Gasteiger partial charge in [0.2, 0.25) is 0 Å². The molecule has 0 bridgehead atoms. The first-order valence-electron chi connectivity index (χ1n) is 5.82. The molecule has 1 rings (SSSR count). The first kappa shape index (κ1) is 12.0. The van der Waals surface area contributed by atoms with Crippen molar-refractivity contribution in [3.63, 3.8) is 0 Å². The summed E-state index contributed by atoms with van der Waals surface area (Å²) in [4.78, 5) is 0. The minimum Gasteiger partial charge on any atom is -0.316 e.